The quantitative estimate of drug-likeness (QED) is 0.880. The molecule has 3 heterocycles. The SMILES string of the molecule is CC[C@]1(O)CCC[C@H]2CN(C(=O)c3c4c(nc5onc(C)c35)CCC4)C[C@H]21. The molecule has 0 bridgehead atoms. The highest BCUT2D eigenvalue weighted by molar-refractivity contribution is 6.07. The van der Waals surface area contributed by atoms with Crippen LogP contribution in [0.15, 0.2) is 4.52 Å². The zero-order valence-corrected chi connectivity index (χ0v) is 16.1. The van der Waals surface area contributed by atoms with Gasteiger partial charge in [0.25, 0.3) is 11.6 Å². The van der Waals surface area contributed by atoms with Crippen LogP contribution in [0.2, 0.25) is 0 Å². The number of likely N-dealkylation sites (tertiary alicyclic amines) is 1. The first-order valence-corrected chi connectivity index (χ1v) is 10.3. The van der Waals surface area contributed by atoms with Crippen molar-refractivity contribution in [3.63, 3.8) is 0 Å². The van der Waals surface area contributed by atoms with E-state index in [4.69, 9.17) is 4.52 Å². The van der Waals surface area contributed by atoms with Gasteiger partial charge in [0, 0.05) is 24.7 Å². The Morgan fingerprint density at radius 3 is 3.00 bits per heavy atom. The number of hydrogen-bond donors (Lipinski definition) is 1. The number of nitrogens with zero attached hydrogens (tertiary/aromatic N) is 3. The Balaban J connectivity index is 1.55. The van der Waals surface area contributed by atoms with Gasteiger partial charge in [-0.2, -0.15) is 0 Å². The molecule has 2 aliphatic carbocycles. The van der Waals surface area contributed by atoms with Crippen LogP contribution < -0.4 is 0 Å². The van der Waals surface area contributed by atoms with E-state index in [1.54, 1.807) is 0 Å². The van der Waals surface area contributed by atoms with Crippen molar-refractivity contribution in [2.75, 3.05) is 13.1 Å². The van der Waals surface area contributed by atoms with Crippen molar-refractivity contribution in [1.82, 2.24) is 15.0 Å². The third kappa shape index (κ3) is 2.45. The minimum atomic E-state index is -0.624. The third-order valence-corrected chi connectivity index (χ3v) is 7.25. The van der Waals surface area contributed by atoms with Crippen LogP contribution in [0.5, 0.6) is 0 Å². The molecule has 1 saturated carbocycles. The maximum absolute atomic E-state index is 13.7. The average Bonchev–Trinajstić information content (AvgIpc) is 3.38. The van der Waals surface area contributed by atoms with Crippen molar-refractivity contribution in [3.05, 3.63) is 22.5 Å². The second kappa shape index (κ2) is 6.03. The monoisotopic (exact) mass is 369 g/mol. The Kier molecular flexibility index (Phi) is 3.83. The Bertz CT molecular complexity index is 921. The van der Waals surface area contributed by atoms with Crippen LogP contribution in [-0.2, 0) is 12.8 Å². The summed E-state index contributed by atoms with van der Waals surface area (Å²) in [5.41, 5.74) is 3.42. The summed E-state index contributed by atoms with van der Waals surface area (Å²) < 4.78 is 5.40. The molecule has 1 amide bonds. The van der Waals surface area contributed by atoms with E-state index in [1.165, 1.54) is 0 Å². The van der Waals surface area contributed by atoms with Crippen LogP contribution >= 0.6 is 0 Å². The van der Waals surface area contributed by atoms with Gasteiger partial charge in [0.1, 0.15) is 0 Å². The van der Waals surface area contributed by atoms with Crippen molar-refractivity contribution in [1.29, 1.82) is 0 Å². The van der Waals surface area contributed by atoms with Crippen molar-refractivity contribution < 1.29 is 14.4 Å². The summed E-state index contributed by atoms with van der Waals surface area (Å²) in [6.45, 7) is 5.34. The van der Waals surface area contributed by atoms with E-state index < -0.39 is 5.60 Å². The van der Waals surface area contributed by atoms with E-state index in [2.05, 4.69) is 17.1 Å². The molecule has 5 rings (SSSR count). The lowest BCUT2D eigenvalue weighted by atomic mass is 9.69. The lowest BCUT2D eigenvalue weighted by molar-refractivity contribution is -0.0609. The molecule has 2 aromatic heterocycles. The predicted octanol–water partition coefficient (Wildman–Crippen LogP) is 3.03. The highest BCUT2D eigenvalue weighted by Gasteiger charge is 2.49. The minimum Gasteiger partial charge on any atom is -0.390 e. The average molecular weight is 369 g/mol. The number of aryl methyl sites for hydroxylation is 2. The largest absolute Gasteiger partial charge is 0.390 e. The van der Waals surface area contributed by atoms with E-state index in [1.807, 2.05) is 11.8 Å². The minimum absolute atomic E-state index is 0.0692. The highest BCUT2D eigenvalue weighted by atomic mass is 16.5. The molecule has 1 N–H and O–H groups in total. The number of rotatable bonds is 2. The lowest BCUT2D eigenvalue weighted by Gasteiger charge is -2.40. The summed E-state index contributed by atoms with van der Waals surface area (Å²) in [7, 11) is 0. The molecule has 2 fully saturated rings. The Morgan fingerprint density at radius 1 is 1.33 bits per heavy atom. The molecule has 3 aliphatic rings. The van der Waals surface area contributed by atoms with Gasteiger partial charge in [-0.1, -0.05) is 18.5 Å². The molecule has 27 heavy (non-hydrogen) atoms. The standard InChI is InChI=1S/C21H27N3O3/c1-3-21(26)9-5-6-13-10-24(11-15(13)21)20(25)18-14-7-4-8-16(14)22-19-17(18)12(2)23-27-19/h13,15,26H,3-11H2,1-2H3/t13-,15+,21-/m0/s1. The lowest BCUT2D eigenvalue weighted by Crippen LogP contribution is -2.44. The van der Waals surface area contributed by atoms with Crippen LogP contribution in [-0.4, -0.2) is 44.7 Å². The fourth-order valence-corrected chi connectivity index (χ4v) is 5.74. The second-order valence-corrected chi connectivity index (χ2v) is 8.64. The highest BCUT2D eigenvalue weighted by Crippen LogP contribution is 2.45. The smallest absolute Gasteiger partial charge is 0.259 e. The van der Waals surface area contributed by atoms with Crippen LogP contribution in [0.1, 0.15) is 66.3 Å². The van der Waals surface area contributed by atoms with Crippen molar-refractivity contribution in [2.45, 2.75) is 64.4 Å². The maximum atomic E-state index is 13.7. The van der Waals surface area contributed by atoms with Crippen LogP contribution in [0.3, 0.4) is 0 Å². The third-order valence-electron chi connectivity index (χ3n) is 7.25. The van der Waals surface area contributed by atoms with Gasteiger partial charge < -0.3 is 14.5 Å². The Morgan fingerprint density at radius 2 is 2.19 bits per heavy atom. The number of carbonyl (C=O) groups is 1. The van der Waals surface area contributed by atoms with Crippen molar-refractivity contribution in [2.24, 2.45) is 11.8 Å². The summed E-state index contributed by atoms with van der Waals surface area (Å²) in [6, 6.07) is 0. The first kappa shape index (κ1) is 17.2. The van der Waals surface area contributed by atoms with Gasteiger partial charge in [-0.05, 0) is 56.9 Å². The van der Waals surface area contributed by atoms with Gasteiger partial charge in [0.2, 0.25) is 0 Å². The number of pyridine rings is 1. The van der Waals surface area contributed by atoms with Gasteiger partial charge in [-0.25, -0.2) is 4.98 Å². The molecule has 0 spiro atoms. The van der Waals surface area contributed by atoms with Gasteiger partial charge >= 0.3 is 0 Å². The summed E-state index contributed by atoms with van der Waals surface area (Å²) in [5, 5.41) is 15.9. The number of aromatic nitrogens is 2. The van der Waals surface area contributed by atoms with Crippen molar-refractivity contribution >= 4 is 17.0 Å². The topological polar surface area (TPSA) is 79.5 Å². The number of fused-ring (bicyclic) bond motifs is 3. The zero-order valence-electron chi connectivity index (χ0n) is 16.1. The maximum Gasteiger partial charge on any atom is 0.259 e. The molecule has 144 valence electrons. The fraction of sp³-hybridized carbons (Fsp3) is 0.667. The summed E-state index contributed by atoms with van der Waals surface area (Å²) in [4.78, 5) is 20.2. The van der Waals surface area contributed by atoms with E-state index in [0.29, 0.717) is 18.2 Å². The van der Waals surface area contributed by atoms with E-state index in [0.717, 1.165) is 79.4 Å². The zero-order chi connectivity index (χ0) is 18.8. The molecular weight excluding hydrogens is 342 g/mol. The van der Waals surface area contributed by atoms with Crippen molar-refractivity contribution in [3.8, 4) is 0 Å². The van der Waals surface area contributed by atoms with Crippen LogP contribution in [0, 0.1) is 18.8 Å². The molecule has 3 atom stereocenters. The van der Waals surface area contributed by atoms with Gasteiger partial charge in [-0.3, -0.25) is 4.79 Å². The van der Waals surface area contributed by atoms with Gasteiger partial charge in [0.15, 0.2) is 0 Å². The number of amides is 1. The molecule has 0 aromatic carbocycles. The predicted molar refractivity (Wildman–Crippen MR) is 101 cm³/mol. The van der Waals surface area contributed by atoms with E-state index >= 15 is 0 Å². The van der Waals surface area contributed by atoms with Gasteiger partial charge in [-0.15, -0.1) is 0 Å². The molecule has 2 aromatic rings. The van der Waals surface area contributed by atoms with Crippen LogP contribution in [0.4, 0.5) is 0 Å². The number of hydrogen-bond acceptors (Lipinski definition) is 5. The van der Waals surface area contributed by atoms with E-state index in [-0.39, 0.29) is 11.8 Å². The Labute approximate surface area is 158 Å². The molecule has 1 saturated heterocycles. The summed E-state index contributed by atoms with van der Waals surface area (Å²) >= 11 is 0. The van der Waals surface area contributed by atoms with Crippen LogP contribution in [0.25, 0.3) is 11.1 Å². The molecule has 0 radical (unpaired) electrons. The summed E-state index contributed by atoms with van der Waals surface area (Å²) in [6.07, 6.45) is 6.58. The molecule has 6 heteroatoms. The molecular formula is C21H27N3O3. The van der Waals surface area contributed by atoms with Gasteiger partial charge in [0.05, 0.1) is 22.2 Å². The first-order valence-electron chi connectivity index (χ1n) is 10.3. The molecule has 0 unspecified atom stereocenters. The van der Waals surface area contributed by atoms with E-state index in [9.17, 15) is 9.90 Å². The Hall–Kier alpha value is -1.95. The molecule has 6 nitrogen and oxygen atoms in total. The first-order chi connectivity index (χ1) is 13.0. The normalized spacial score (nSPS) is 30.0. The molecule has 1 aliphatic heterocycles. The number of carbonyl (C=O) groups excluding carboxylic acids is 1. The second-order valence-electron chi connectivity index (χ2n) is 8.64. The number of aliphatic hydroxyl groups is 1. The summed E-state index contributed by atoms with van der Waals surface area (Å²) in [5.74, 6) is 0.662. The fourth-order valence-electron chi connectivity index (χ4n) is 5.74.